The number of halogens is 1. The summed E-state index contributed by atoms with van der Waals surface area (Å²) in [6.45, 7) is 0.103. The number of rotatable bonds is 6. The summed E-state index contributed by atoms with van der Waals surface area (Å²) >= 11 is 0. The minimum absolute atomic E-state index is 0.0496. The molecule has 0 spiro atoms. The maximum atomic E-state index is 13.5. The van der Waals surface area contributed by atoms with Crippen LogP contribution in [0.1, 0.15) is 11.1 Å². The number of hydrogen-bond acceptors (Lipinski definition) is 3. The van der Waals surface area contributed by atoms with Crippen molar-refractivity contribution in [3.05, 3.63) is 71.6 Å². The SMILES string of the molecule is C#CCOC(=O)/C=C/c1ccc(OCc2ccccc2F)cc1. The Morgan fingerprint density at radius 2 is 1.91 bits per heavy atom. The van der Waals surface area contributed by atoms with Crippen molar-refractivity contribution < 1.29 is 18.7 Å². The fourth-order valence-corrected chi connectivity index (χ4v) is 1.78. The van der Waals surface area contributed by atoms with Crippen LogP contribution in [0.5, 0.6) is 5.75 Å². The number of benzene rings is 2. The number of terminal acetylenes is 1. The van der Waals surface area contributed by atoms with Crippen molar-refractivity contribution in [2.75, 3.05) is 6.61 Å². The number of carbonyl (C=O) groups excluding carboxylic acids is 1. The van der Waals surface area contributed by atoms with Gasteiger partial charge in [-0.05, 0) is 29.8 Å². The molecule has 0 saturated carbocycles. The molecule has 0 aliphatic carbocycles. The zero-order chi connectivity index (χ0) is 16.5. The first kappa shape index (κ1) is 16.3. The van der Waals surface area contributed by atoms with Crippen molar-refractivity contribution >= 4 is 12.0 Å². The van der Waals surface area contributed by atoms with E-state index in [2.05, 4.69) is 5.92 Å². The predicted molar refractivity (Wildman–Crippen MR) is 86.0 cm³/mol. The smallest absolute Gasteiger partial charge is 0.331 e. The molecule has 0 fully saturated rings. The molecule has 0 unspecified atom stereocenters. The summed E-state index contributed by atoms with van der Waals surface area (Å²) in [5, 5.41) is 0. The lowest BCUT2D eigenvalue weighted by atomic mass is 10.2. The van der Waals surface area contributed by atoms with Gasteiger partial charge >= 0.3 is 5.97 Å². The quantitative estimate of drug-likeness (QED) is 0.465. The molecule has 0 N–H and O–H groups in total. The molecule has 23 heavy (non-hydrogen) atoms. The van der Waals surface area contributed by atoms with Gasteiger partial charge in [0.1, 0.15) is 18.2 Å². The zero-order valence-corrected chi connectivity index (χ0v) is 12.4. The highest BCUT2D eigenvalue weighted by atomic mass is 19.1. The van der Waals surface area contributed by atoms with Gasteiger partial charge in [-0.25, -0.2) is 9.18 Å². The van der Waals surface area contributed by atoms with Gasteiger partial charge in [0.25, 0.3) is 0 Å². The summed E-state index contributed by atoms with van der Waals surface area (Å²) in [7, 11) is 0. The molecule has 2 aromatic rings. The summed E-state index contributed by atoms with van der Waals surface area (Å²) in [6, 6.07) is 13.5. The second-order valence-electron chi connectivity index (χ2n) is 4.59. The van der Waals surface area contributed by atoms with Crippen LogP contribution in [0.25, 0.3) is 6.08 Å². The molecule has 2 rings (SSSR count). The minimum atomic E-state index is -0.497. The molecule has 116 valence electrons. The van der Waals surface area contributed by atoms with Gasteiger partial charge in [-0.1, -0.05) is 36.3 Å². The van der Waals surface area contributed by atoms with E-state index in [1.807, 2.05) is 0 Å². The Bertz CT molecular complexity index is 727. The predicted octanol–water partition coefficient (Wildman–Crippen LogP) is 3.59. The van der Waals surface area contributed by atoms with Crippen molar-refractivity contribution in [1.82, 2.24) is 0 Å². The van der Waals surface area contributed by atoms with Crippen LogP contribution >= 0.6 is 0 Å². The van der Waals surface area contributed by atoms with Crippen LogP contribution in [0.4, 0.5) is 4.39 Å². The van der Waals surface area contributed by atoms with E-state index in [9.17, 15) is 9.18 Å². The van der Waals surface area contributed by atoms with E-state index >= 15 is 0 Å². The number of ether oxygens (including phenoxy) is 2. The molecule has 0 aliphatic rings. The van der Waals surface area contributed by atoms with Crippen LogP contribution in [0.2, 0.25) is 0 Å². The van der Waals surface area contributed by atoms with Crippen LogP contribution in [-0.2, 0) is 16.1 Å². The highest BCUT2D eigenvalue weighted by Crippen LogP contribution is 2.16. The van der Waals surface area contributed by atoms with Crippen molar-refractivity contribution in [1.29, 1.82) is 0 Å². The van der Waals surface area contributed by atoms with Gasteiger partial charge < -0.3 is 9.47 Å². The maximum Gasteiger partial charge on any atom is 0.331 e. The minimum Gasteiger partial charge on any atom is -0.489 e. The molecule has 0 amide bonds. The lowest BCUT2D eigenvalue weighted by Crippen LogP contribution is -2.00. The highest BCUT2D eigenvalue weighted by Gasteiger charge is 2.01. The van der Waals surface area contributed by atoms with Crippen molar-refractivity contribution in [2.45, 2.75) is 6.61 Å². The lowest BCUT2D eigenvalue weighted by molar-refractivity contribution is -0.136. The Balaban J connectivity index is 1.90. The van der Waals surface area contributed by atoms with Crippen LogP contribution in [0, 0.1) is 18.2 Å². The van der Waals surface area contributed by atoms with Gasteiger partial charge in [0.05, 0.1) is 0 Å². The third-order valence-corrected chi connectivity index (χ3v) is 2.94. The molecule has 0 radical (unpaired) electrons. The second-order valence-corrected chi connectivity index (χ2v) is 4.59. The Morgan fingerprint density at radius 1 is 1.17 bits per heavy atom. The molecular weight excluding hydrogens is 295 g/mol. The molecule has 0 aromatic heterocycles. The molecule has 0 saturated heterocycles. The topological polar surface area (TPSA) is 35.5 Å². The number of carbonyl (C=O) groups is 1. The fourth-order valence-electron chi connectivity index (χ4n) is 1.78. The molecule has 4 heteroatoms. The van der Waals surface area contributed by atoms with E-state index in [0.29, 0.717) is 11.3 Å². The molecule has 3 nitrogen and oxygen atoms in total. The monoisotopic (exact) mass is 310 g/mol. The first-order valence-corrected chi connectivity index (χ1v) is 6.93. The summed E-state index contributed by atoms with van der Waals surface area (Å²) in [4.78, 5) is 11.3. The average Bonchev–Trinajstić information content (AvgIpc) is 2.58. The molecule has 0 atom stereocenters. The van der Waals surface area contributed by atoms with Crippen molar-refractivity contribution in [3.8, 4) is 18.1 Å². The summed E-state index contributed by atoms with van der Waals surface area (Å²) in [5.74, 6) is 2.04. The third-order valence-electron chi connectivity index (χ3n) is 2.94. The maximum absolute atomic E-state index is 13.5. The van der Waals surface area contributed by atoms with E-state index in [0.717, 1.165) is 5.56 Å². The first-order valence-electron chi connectivity index (χ1n) is 6.93. The molecular formula is C19H15FO3. The first-order chi connectivity index (χ1) is 11.2. The van der Waals surface area contributed by atoms with Gasteiger partial charge in [-0.2, -0.15) is 0 Å². The molecule has 0 heterocycles. The Kier molecular flexibility index (Phi) is 5.96. The molecule has 0 aliphatic heterocycles. The van der Waals surface area contributed by atoms with E-state index in [1.54, 1.807) is 48.5 Å². The Hall–Kier alpha value is -3.06. The molecule has 0 bridgehead atoms. The van der Waals surface area contributed by atoms with Crippen LogP contribution in [-0.4, -0.2) is 12.6 Å². The average molecular weight is 310 g/mol. The second kappa shape index (κ2) is 8.40. The Labute approximate surface area is 134 Å². The summed E-state index contributed by atoms with van der Waals surface area (Å²) < 4.78 is 23.7. The van der Waals surface area contributed by atoms with Crippen molar-refractivity contribution in [3.63, 3.8) is 0 Å². The third kappa shape index (κ3) is 5.33. The summed E-state index contributed by atoms with van der Waals surface area (Å²) in [5.41, 5.74) is 1.30. The highest BCUT2D eigenvalue weighted by molar-refractivity contribution is 5.87. The van der Waals surface area contributed by atoms with E-state index in [4.69, 9.17) is 15.9 Å². The van der Waals surface area contributed by atoms with Gasteiger partial charge in [0, 0.05) is 11.6 Å². The number of esters is 1. The summed E-state index contributed by atoms with van der Waals surface area (Å²) in [6.07, 6.45) is 7.90. The van der Waals surface area contributed by atoms with Gasteiger partial charge in [0.15, 0.2) is 6.61 Å². The fraction of sp³-hybridized carbons (Fsp3) is 0.105. The van der Waals surface area contributed by atoms with Crippen LogP contribution < -0.4 is 4.74 Å². The number of hydrogen-bond donors (Lipinski definition) is 0. The largest absolute Gasteiger partial charge is 0.489 e. The van der Waals surface area contributed by atoms with Crippen LogP contribution in [0.3, 0.4) is 0 Å². The van der Waals surface area contributed by atoms with Crippen LogP contribution in [0.15, 0.2) is 54.6 Å². The molecule has 2 aromatic carbocycles. The zero-order valence-electron chi connectivity index (χ0n) is 12.4. The lowest BCUT2D eigenvalue weighted by Gasteiger charge is -2.07. The van der Waals surface area contributed by atoms with Crippen molar-refractivity contribution in [2.24, 2.45) is 0 Å². The van der Waals surface area contributed by atoms with Gasteiger partial charge in [-0.3, -0.25) is 0 Å². The van der Waals surface area contributed by atoms with E-state index in [-0.39, 0.29) is 19.0 Å². The van der Waals surface area contributed by atoms with E-state index < -0.39 is 5.97 Å². The van der Waals surface area contributed by atoms with Gasteiger partial charge in [0.2, 0.25) is 0 Å². The standard InChI is InChI=1S/C19H15FO3/c1-2-13-22-19(21)12-9-15-7-10-17(11-8-15)23-14-16-5-3-4-6-18(16)20/h1,3-12H,13-14H2/b12-9+. The van der Waals surface area contributed by atoms with E-state index in [1.165, 1.54) is 12.1 Å². The van der Waals surface area contributed by atoms with Gasteiger partial charge in [-0.15, -0.1) is 6.42 Å². The Morgan fingerprint density at radius 3 is 2.61 bits per heavy atom. The normalized spacial score (nSPS) is 10.3.